The Morgan fingerprint density at radius 2 is 1.80 bits per heavy atom. The van der Waals surface area contributed by atoms with Gasteiger partial charge in [-0.3, -0.25) is 0 Å². The van der Waals surface area contributed by atoms with E-state index in [-0.39, 0.29) is 6.61 Å². The van der Waals surface area contributed by atoms with Crippen molar-refractivity contribution < 1.29 is 5.11 Å². The second kappa shape index (κ2) is 6.21. The van der Waals surface area contributed by atoms with Crippen LogP contribution in [0.15, 0.2) is 48.5 Å². The molecule has 0 saturated carbocycles. The van der Waals surface area contributed by atoms with Crippen molar-refractivity contribution in [1.82, 2.24) is 0 Å². The van der Waals surface area contributed by atoms with Gasteiger partial charge in [-0.25, -0.2) is 0 Å². The molecular formula is C18H23NO. The molecular weight excluding hydrogens is 246 g/mol. The predicted molar refractivity (Wildman–Crippen MR) is 83.9 cm³/mol. The van der Waals surface area contributed by atoms with Crippen molar-refractivity contribution in [3.8, 4) is 0 Å². The van der Waals surface area contributed by atoms with Crippen LogP contribution in [0.4, 0.5) is 0 Å². The van der Waals surface area contributed by atoms with E-state index in [2.05, 4.69) is 50.2 Å². The smallest absolute Gasteiger partial charge is 0.0543 e. The van der Waals surface area contributed by atoms with E-state index in [4.69, 9.17) is 5.73 Å². The summed E-state index contributed by atoms with van der Waals surface area (Å²) >= 11 is 0. The van der Waals surface area contributed by atoms with Gasteiger partial charge < -0.3 is 10.8 Å². The highest BCUT2D eigenvalue weighted by molar-refractivity contribution is 5.37. The third-order valence-corrected chi connectivity index (χ3v) is 4.03. The molecule has 0 bridgehead atoms. The zero-order valence-electron chi connectivity index (χ0n) is 12.3. The highest BCUT2D eigenvalue weighted by Gasteiger charge is 2.31. The standard InChI is InChI=1S/C18H23NO/c1-14-6-5-8-16(10-14)11-18(12-19,13-20)17-9-4-3-7-15(17)2/h3-10,20H,11-13,19H2,1-2H3. The van der Waals surface area contributed by atoms with Crippen molar-refractivity contribution in [3.05, 3.63) is 70.8 Å². The van der Waals surface area contributed by atoms with Crippen LogP contribution in [0.3, 0.4) is 0 Å². The van der Waals surface area contributed by atoms with Crippen molar-refractivity contribution in [3.63, 3.8) is 0 Å². The van der Waals surface area contributed by atoms with Crippen molar-refractivity contribution in [2.45, 2.75) is 25.7 Å². The van der Waals surface area contributed by atoms with Crippen molar-refractivity contribution in [2.75, 3.05) is 13.2 Å². The number of aliphatic hydroxyl groups excluding tert-OH is 1. The molecule has 0 amide bonds. The summed E-state index contributed by atoms with van der Waals surface area (Å²) in [5, 5.41) is 10.0. The molecule has 2 aromatic carbocycles. The fraction of sp³-hybridized carbons (Fsp3) is 0.333. The summed E-state index contributed by atoms with van der Waals surface area (Å²) < 4.78 is 0. The maximum absolute atomic E-state index is 10.0. The molecule has 3 N–H and O–H groups in total. The largest absolute Gasteiger partial charge is 0.395 e. The molecule has 0 radical (unpaired) electrons. The van der Waals surface area contributed by atoms with Crippen LogP contribution in [-0.2, 0) is 11.8 Å². The minimum absolute atomic E-state index is 0.0578. The van der Waals surface area contributed by atoms with Gasteiger partial charge in [0, 0.05) is 12.0 Å². The minimum atomic E-state index is -0.404. The molecule has 0 spiro atoms. The zero-order valence-corrected chi connectivity index (χ0v) is 12.3. The Kier molecular flexibility index (Phi) is 4.58. The van der Waals surface area contributed by atoms with E-state index in [1.165, 1.54) is 16.7 Å². The fourth-order valence-corrected chi connectivity index (χ4v) is 2.86. The maximum Gasteiger partial charge on any atom is 0.0543 e. The van der Waals surface area contributed by atoms with Crippen LogP contribution in [0.1, 0.15) is 22.3 Å². The molecule has 20 heavy (non-hydrogen) atoms. The Bertz CT molecular complexity index is 573. The Morgan fingerprint density at radius 1 is 1.05 bits per heavy atom. The molecule has 106 valence electrons. The van der Waals surface area contributed by atoms with Crippen LogP contribution in [0, 0.1) is 13.8 Å². The molecule has 2 rings (SSSR count). The summed E-state index contributed by atoms with van der Waals surface area (Å²) in [5.74, 6) is 0. The van der Waals surface area contributed by atoms with E-state index >= 15 is 0 Å². The van der Waals surface area contributed by atoms with Gasteiger partial charge in [0.2, 0.25) is 0 Å². The Labute approximate surface area is 121 Å². The average Bonchev–Trinajstić information content (AvgIpc) is 2.46. The molecule has 0 aliphatic carbocycles. The molecule has 0 aromatic heterocycles. The molecule has 2 aromatic rings. The van der Waals surface area contributed by atoms with Gasteiger partial charge in [0.1, 0.15) is 0 Å². The fourth-order valence-electron chi connectivity index (χ4n) is 2.86. The first kappa shape index (κ1) is 14.8. The summed E-state index contributed by atoms with van der Waals surface area (Å²) in [6, 6.07) is 16.6. The van der Waals surface area contributed by atoms with E-state index in [0.29, 0.717) is 6.54 Å². The van der Waals surface area contributed by atoms with Crippen molar-refractivity contribution >= 4 is 0 Å². The first-order chi connectivity index (χ1) is 9.61. The van der Waals surface area contributed by atoms with Crippen LogP contribution in [0.5, 0.6) is 0 Å². The molecule has 2 heteroatoms. The van der Waals surface area contributed by atoms with Gasteiger partial charge in [-0.15, -0.1) is 0 Å². The molecule has 1 atom stereocenters. The highest BCUT2D eigenvalue weighted by Crippen LogP contribution is 2.30. The maximum atomic E-state index is 10.0. The van der Waals surface area contributed by atoms with E-state index in [9.17, 15) is 5.11 Å². The summed E-state index contributed by atoms with van der Waals surface area (Å²) in [6.45, 7) is 4.65. The Hall–Kier alpha value is -1.64. The zero-order chi connectivity index (χ0) is 14.6. The summed E-state index contributed by atoms with van der Waals surface area (Å²) in [6.07, 6.45) is 0.756. The normalized spacial score (nSPS) is 14.0. The number of aliphatic hydroxyl groups is 1. The monoisotopic (exact) mass is 269 g/mol. The van der Waals surface area contributed by atoms with Crippen molar-refractivity contribution in [2.24, 2.45) is 5.73 Å². The van der Waals surface area contributed by atoms with Gasteiger partial charge >= 0.3 is 0 Å². The predicted octanol–water partition coefficient (Wildman–Crippen LogP) is 2.73. The Balaban J connectivity index is 2.42. The topological polar surface area (TPSA) is 46.2 Å². The minimum Gasteiger partial charge on any atom is -0.395 e. The van der Waals surface area contributed by atoms with Crippen molar-refractivity contribution in [1.29, 1.82) is 0 Å². The first-order valence-corrected chi connectivity index (χ1v) is 7.04. The lowest BCUT2D eigenvalue weighted by atomic mass is 9.74. The number of nitrogens with two attached hydrogens (primary N) is 1. The van der Waals surface area contributed by atoms with Gasteiger partial charge in [-0.1, -0.05) is 54.1 Å². The lowest BCUT2D eigenvalue weighted by Gasteiger charge is -2.33. The van der Waals surface area contributed by atoms with Crippen LogP contribution in [-0.4, -0.2) is 18.3 Å². The second-order valence-corrected chi connectivity index (χ2v) is 5.62. The van der Waals surface area contributed by atoms with Crippen LogP contribution >= 0.6 is 0 Å². The number of hydrogen-bond donors (Lipinski definition) is 2. The SMILES string of the molecule is Cc1cccc(CC(CN)(CO)c2ccccc2C)c1. The number of benzene rings is 2. The van der Waals surface area contributed by atoms with Crippen LogP contribution < -0.4 is 5.73 Å². The summed E-state index contributed by atoms with van der Waals surface area (Å²) in [4.78, 5) is 0. The highest BCUT2D eigenvalue weighted by atomic mass is 16.3. The number of hydrogen-bond acceptors (Lipinski definition) is 2. The van der Waals surface area contributed by atoms with E-state index in [1.54, 1.807) is 0 Å². The second-order valence-electron chi connectivity index (χ2n) is 5.62. The van der Waals surface area contributed by atoms with Gasteiger partial charge in [-0.05, 0) is 37.0 Å². The third-order valence-electron chi connectivity index (χ3n) is 4.03. The molecule has 0 fully saturated rings. The van der Waals surface area contributed by atoms with Crippen LogP contribution in [0.25, 0.3) is 0 Å². The molecule has 0 heterocycles. The van der Waals surface area contributed by atoms with E-state index < -0.39 is 5.41 Å². The molecule has 0 aliphatic heterocycles. The van der Waals surface area contributed by atoms with Gasteiger partial charge in [0.15, 0.2) is 0 Å². The first-order valence-electron chi connectivity index (χ1n) is 7.04. The third kappa shape index (κ3) is 2.92. The average molecular weight is 269 g/mol. The summed E-state index contributed by atoms with van der Waals surface area (Å²) in [5.41, 5.74) is 10.4. The van der Waals surface area contributed by atoms with E-state index in [0.717, 1.165) is 12.0 Å². The van der Waals surface area contributed by atoms with Gasteiger partial charge in [0.25, 0.3) is 0 Å². The molecule has 0 aliphatic rings. The van der Waals surface area contributed by atoms with Crippen LogP contribution in [0.2, 0.25) is 0 Å². The quantitative estimate of drug-likeness (QED) is 0.876. The summed E-state index contributed by atoms with van der Waals surface area (Å²) in [7, 11) is 0. The lowest BCUT2D eigenvalue weighted by Crippen LogP contribution is -2.41. The number of rotatable bonds is 5. The van der Waals surface area contributed by atoms with Gasteiger partial charge in [-0.2, -0.15) is 0 Å². The molecule has 2 nitrogen and oxygen atoms in total. The Morgan fingerprint density at radius 3 is 2.40 bits per heavy atom. The number of aryl methyl sites for hydroxylation is 2. The lowest BCUT2D eigenvalue weighted by molar-refractivity contribution is 0.195. The van der Waals surface area contributed by atoms with Gasteiger partial charge in [0.05, 0.1) is 6.61 Å². The van der Waals surface area contributed by atoms with E-state index in [1.807, 2.05) is 12.1 Å². The molecule has 0 saturated heterocycles. The molecule has 1 unspecified atom stereocenters.